The summed E-state index contributed by atoms with van der Waals surface area (Å²) >= 11 is 1.48. The number of amides is 3. The number of hydrogen-bond donors (Lipinski definition) is 6. The van der Waals surface area contributed by atoms with E-state index in [1.54, 1.807) is 31.2 Å². The molecule has 190 valence electrons. The van der Waals surface area contributed by atoms with E-state index < -0.39 is 54.5 Å². The van der Waals surface area contributed by atoms with Crippen LogP contribution in [0.1, 0.15) is 32.3 Å². The molecular formula is C23H36N4O6S. The van der Waals surface area contributed by atoms with Crippen LogP contribution in [0.5, 0.6) is 0 Å². The molecule has 5 atom stereocenters. The zero-order valence-electron chi connectivity index (χ0n) is 19.8. The maximum Gasteiger partial charge on any atom is 0.326 e. The molecule has 0 fully saturated rings. The van der Waals surface area contributed by atoms with Gasteiger partial charge in [0, 0.05) is 6.42 Å². The minimum atomic E-state index is -1.20. The molecule has 0 radical (unpaired) electrons. The Labute approximate surface area is 204 Å². The first-order valence-electron chi connectivity index (χ1n) is 11.2. The summed E-state index contributed by atoms with van der Waals surface area (Å²) < 4.78 is 0. The van der Waals surface area contributed by atoms with Gasteiger partial charge in [0.05, 0.1) is 6.61 Å². The Balaban J connectivity index is 3.07. The first-order valence-corrected chi connectivity index (χ1v) is 12.6. The highest BCUT2D eigenvalue weighted by atomic mass is 32.2. The standard InChI is InChI=1S/C23H36N4O6S/c1-4-14(2)19(23(32)33)27-21(30)17(10-11-34-3)25-22(31)18(26-20(29)16(24)13-28)12-15-8-6-5-7-9-15/h5-9,14,16-19,28H,4,10-13,24H2,1-3H3,(H,25,31)(H,26,29)(H,27,30)(H,32,33). The highest BCUT2D eigenvalue weighted by molar-refractivity contribution is 7.98. The molecule has 0 aliphatic rings. The minimum Gasteiger partial charge on any atom is -0.480 e. The van der Waals surface area contributed by atoms with Crippen molar-refractivity contribution in [3.05, 3.63) is 35.9 Å². The second-order valence-corrected chi connectivity index (χ2v) is 9.08. The van der Waals surface area contributed by atoms with Crippen molar-refractivity contribution < 1.29 is 29.4 Å². The number of rotatable bonds is 15. The van der Waals surface area contributed by atoms with Gasteiger partial charge >= 0.3 is 5.97 Å². The van der Waals surface area contributed by atoms with E-state index in [0.717, 1.165) is 5.56 Å². The number of carboxylic acid groups (broad SMARTS) is 1. The quantitative estimate of drug-likeness (QED) is 0.195. The average molecular weight is 497 g/mol. The number of carboxylic acids is 1. The van der Waals surface area contributed by atoms with Gasteiger partial charge < -0.3 is 31.9 Å². The zero-order chi connectivity index (χ0) is 25.7. The van der Waals surface area contributed by atoms with Gasteiger partial charge in [-0.1, -0.05) is 50.6 Å². The van der Waals surface area contributed by atoms with Crippen LogP contribution in [0.4, 0.5) is 0 Å². The summed E-state index contributed by atoms with van der Waals surface area (Å²) in [4.78, 5) is 50.0. The third kappa shape index (κ3) is 9.70. The number of carbonyl (C=O) groups excluding carboxylic acids is 3. The number of aliphatic hydroxyl groups is 1. The predicted octanol–water partition coefficient (Wildman–Crippen LogP) is -0.113. The highest BCUT2D eigenvalue weighted by Gasteiger charge is 2.31. The second kappa shape index (κ2) is 15.3. The molecule has 0 saturated heterocycles. The summed E-state index contributed by atoms with van der Waals surface area (Å²) in [5, 5.41) is 26.4. The van der Waals surface area contributed by atoms with Crippen molar-refractivity contribution in [3.8, 4) is 0 Å². The number of carbonyl (C=O) groups is 4. The number of aliphatic carboxylic acids is 1. The van der Waals surface area contributed by atoms with E-state index in [9.17, 15) is 24.3 Å². The Morgan fingerprint density at radius 3 is 2.12 bits per heavy atom. The fraction of sp³-hybridized carbons (Fsp3) is 0.565. The van der Waals surface area contributed by atoms with Crippen LogP contribution in [0.2, 0.25) is 0 Å². The van der Waals surface area contributed by atoms with E-state index in [1.165, 1.54) is 11.8 Å². The molecule has 0 saturated carbocycles. The van der Waals surface area contributed by atoms with Gasteiger partial charge in [-0.2, -0.15) is 11.8 Å². The fourth-order valence-electron chi connectivity index (χ4n) is 3.13. The number of thioether (sulfide) groups is 1. The topological polar surface area (TPSA) is 171 Å². The fourth-order valence-corrected chi connectivity index (χ4v) is 3.61. The minimum absolute atomic E-state index is 0.137. The van der Waals surface area contributed by atoms with Crippen LogP contribution >= 0.6 is 11.8 Å². The number of benzene rings is 1. The molecule has 1 aromatic rings. The Bertz CT molecular complexity index is 810. The molecular weight excluding hydrogens is 460 g/mol. The highest BCUT2D eigenvalue weighted by Crippen LogP contribution is 2.10. The van der Waals surface area contributed by atoms with Crippen molar-refractivity contribution in [2.45, 2.75) is 57.3 Å². The summed E-state index contributed by atoms with van der Waals surface area (Å²) in [5.74, 6) is -2.82. The van der Waals surface area contributed by atoms with Crippen molar-refractivity contribution in [1.29, 1.82) is 0 Å². The molecule has 0 aliphatic carbocycles. The smallest absolute Gasteiger partial charge is 0.326 e. The van der Waals surface area contributed by atoms with E-state index in [-0.39, 0.29) is 18.8 Å². The first kappa shape index (κ1) is 29.4. The van der Waals surface area contributed by atoms with Gasteiger partial charge in [-0.05, 0) is 29.9 Å². The molecule has 10 nitrogen and oxygen atoms in total. The van der Waals surface area contributed by atoms with Crippen LogP contribution in [-0.4, -0.2) is 76.7 Å². The molecule has 5 unspecified atom stereocenters. The van der Waals surface area contributed by atoms with Crippen molar-refractivity contribution in [3.63, 3.8) is 0 Å². The summed E-state index contributed by atoms with van der Waals surface area (Å²) in [6.07, 6.45) is 2.81. The average Bonchev–Trinajstić information content (AvgIpc) is 2.83. The zero-order valence-corrected chi connectivity index (χ0v) is 20.6. The second-order valence-electron chi connectivity index (χ2n) is 8.09. The van der Waals surface area contributed by atoms with E-state index in [0.29, 0.717) is 12.2 Å². The molecule has 0 spiro atoms. The van der Waals surface area contributed by atoms with Gasteiger partial charge in [-0.15, -0.1) is 0 Å². The maximum absolute atomic E-state index is 13.1. The number of nitrogens with two attached hydrogens (primary N) is 1. The van der Waals surface area contributed by atoms with E-state index in [2.05, 4.69) is 16.0 Å². The Morgan fingerprint density at radius 1 is 1.00 bits per heavy atom. The van der Waals surface area contributed by atoms with Gasteiger partial charge in [-0.3, -0.25) is 14.4 Å². The van der Waals surface area contributed by atoms with Crippen LogP contribution in [0.3, 0.4) is 0 Å². The third-order valence-corrected chi connectivity index (χ3v) is 6.11. The molecule has 0 bridgehead atoms. The van der Waals surface area contributed by atoms with Crippen molar-refractivity contribution in [1.82, 2.24) is 16.0 Å². The number of nitrogens with one attached hydrogen (secondary N) is 3. The van der Waals surface area contributed by atoms with E-state index in [1.807, 2.05) is 19.2 Å². The Kier molecular flexibility index (Phi) is 13.2. The van der Waals surface area contributed by atoms with Gasteiger partial charge in [0.1, 0.15) is 24.2 Å². The molecule has 11 heteroatoms. The molecule has 1 rings (SSSR count). The molecule has 0 aromatic heterocycles. The van der Waals surface area contributed by atoms with E-state index in [4.69, 9.17) is 10.8 Å². The van der Waals surface area contributed by atoms with Crippen LogP contribution < -0.4 is 21.7 Å². The lowest BCUT2D eigenvalue weighted by Gasteiger charge is -2.26. The lowest BCUT2D eigenvalue weighted by Crippen LogP contribution is -2.58. The van der Waals surface area contributed by atoms with Crippen LogP contribution in [0.25, 0.3) is 0 Å². The largest absolute Gasteiger partial charge is 0.480 e. The Hall–Kier alpha value is -2.63. The van der Waals surface area contributed by atoms with Gasteiger partial charge in [-0.25, -0.2) is 4.79 Å². The first-order chi connectivity index (χ1) is 16.1. The third-order valence-electron chi connectivity index (χ3n) is 5.47. The summed E-state index contributed by atoms with van der Waals surface area (Å²) in [6.45, 7) is 2.97. The Morgan fingerprint density at radius 2 is 1.59 bits per heavy atom. The molecule has 3 amide bonds. The van der Waals surface area contributed by atoms with Crippen LogP contribution in [0, 0.1) is 5.92 Å². The SMILES string of the molecule is CCC(C)C(NC(=O)C(CCSC)NC(=O)C(Cc1ccccc1)NC(=O)C(N)CO)C(=O)O. The predicted molar refractivity (Wildman–Crippen MR) is 131 cm³/mol. The lowest BCUT2D eigenvalue weighted by atomic mass is 9.98. The monoisotopic (exact) mass is 496 g/mol. The van der Waals surface area contributed by atoms with Crippen molar-refractivity contribution in [2.24, 2.45) is 11.7 Å². The molecule has 7 N–H and O–H groups in total. The van der Waals surface area contributed by atoms with Gasteiger partial charge in [0.2, 0.25) is 17.7 Å². The summed E-state index contributed by atoms with van der Waals surface area (Å²) in [5.41, 5.74) is 6.35. The van der Waals surface area contributed by atoms with Gasteiger partial charge in [0.25, 0.3) is 0 Å². The molecule has 1 aromatic carbocycles. The molecule has 0 heterocycles. The molecule has 34 heavy (non-hydrogen) atoms. The van der Waals surface area contributed by atoms with Crippen molar-refractivity contribution in [2.75, 3.05) is 18.6 Å². The lowest BCUT2D eigenvalue weighted by molar-refractivity contribution is -0.143. The van der Waals surface area contributed by atoms with Crippen LogP contribution in [0.15, 0.2) is 30.3 Å². The van der Waals surface area contributed by atoms with Crippen molar-refractivity contribution >= 4 is 35.5 Å². The van der Waals surface area contributed by atoms with E-state index >= 15 is 0 Å². The maximum atomic E-state index is 13.1. The summed E-state index contributed by atoms with van der Waals surface area (Å²) in [7, 11) is 0. The number of hydrogen-bond acceptors (Lipinski definition) is 7. The summed E-state index contributed by atoms with van der Waals surface area (Å²) in [6, 6.07) is 4.65. The number of aliphatic hydroxyl groups excluding tert-OH is 1. The van der Waals surface area contributed by atoms with Gasteiger partial charge in [0.15, 0.2) is 0 Å². The normalized spacial score (nSPS) is 15.3. The van der Waals surface area contributed by atoms with Crippen LogP contribution in [-0.2, 0) is 25.6 Å². The molecule has 0 aliphatic heterocycles.